The van der Waals surface area contributed by atoms with E-state index in [0.717, 1.165) is 5.56 Å². The number of hydrogen-bond acceptors (Lipinski definition) is 2. The second kappa shape index (κ2) is 6.81. The van der Waals surface area contributed by atoms with E-state index in [9.17, 15) is 8.78 Å². The average molecular weight is 342 g/mol. The molecule has 2 aromatic rings. The Morgan fingerprint density at radius 2 is 1.65 bits per heavy atom. The largest absolute Gasteiger partial charge is 0.489 e. The lowest BCUT2D eigenvalue weighted by Gasteiger charge is -2.09. The van der Waals surface area contributed by atoms with Crippen LogP contribution in [0, 0.1) is 11.6 Å². The summed E-state index contributed by atoms with van der Waals surface area (Å²) < 4.78 is 32.8. The topological polar surface area (TPSA) is 35.2 Å². The van der Waals surface area contributed by atoms with Crippen LogP contribution in [0.4, 0.5) is 8.78 Å². The van der Waals surface area contributed by atoms with Crippen LogP contribution in [0.15, 0.2) is 40.9 Å². The van der Waals surface area contributed by atoms with Gasteiger partial charge in [0.1, 0.15) is 24.0 Å². The Kier molecular flexibility index (Phi) is 5.09. The van der Waals surface area contributed by atoms with Gasteiger partial charge >= 0.3 is 0 Å². The van der Waals surface area contributed by atoms with Crippen LogP contribution in [-0.2, 0) is 13.0 Å². The van der Waals surface area contributed by atoms with Crippen molar-refractivity contribution in [3.8, 4) is 5.75 Å². The first-order valence-electron chi connectivity index (χ1n) is 6.14. The molecule has 106 valence electrons. The minimum atomic E-state index is -0.369. The van der Waals surface area contributed by atoms with Crippen molar-refractivity contribution in [2.45, 2.75) is 13.0 Å². The first-order valence-corrected chi connectivity index (χ1v) is 6.93. The predicted molar refractivity (Wildman–Crippen MR) is 77.6 cm³/mol. The highest BCUT2D eigenvalue weighted by molar-refractivity contribution is 9.10. The number of halogens is 3. The highest BCUT2D eigenvalue weighted by Crippen LogP contribution is 2.20. The van der Waals surface area contributed by atoms with Crippen molar-refractivity contribution in [1.82, 2.24) is 0 Å². The molecule has 0 fully saturated rings. The Labute approximate surface area is 124 Å². The quantitative estimate of drug-likeness (QED) is 0.897. The van der Waals surface area contributed by atoms with Crippen molar-refractivity contribution in [3.63, 3.8) is 0 Å². The van der Waals surface area contributed by atoms with E-state index in [1.54, 1.807) is 12.1 Å². The molecule has 0 spiro atoms. The lowest BCUT2D eigenvalue weighted by molar-refractivity contribution is 0.303. The molecule has 0 bridgehead atoms. The van der Waals surface area contributed by atoms with Crippen LogP contribution in [0.2, 0.25) is 0 Å². The fourth-order valence-corrected chi connectivity index (χ4v) is 2.39. The van der Waals surface area contributed by atoms with Crippen LogP contribution in [0.3, 0.4) is 0 Å². The van der Waals surface area contributed by atoms with Gasteiger partial charge in [0.2, 0.25) is 0 Å². The molecule has 5 heteroatoms. The summed E-state index contributed by atoms with van der Waals surface area (Å²) in [5.41, 5.74) is 6.90. The fourth-order valence-electron chi connectivity index (χ4n) is 1.88. The highest BCUT2D eigenvalue weighted by Gasteiger charge is 2.04. The zero-order valence-electron chi connectivity index (χ0n) is 10.7. The van der Waals surface area contributed by atoms with E-state index in [1.165, 1.54) is 24.3 Å². The maximum atomic E-state index is 13.4. The molecule has 20 heavy (non-hydrogen) atoms. The van der Waals surface area contributed by atoms with Crippen molar-refractivity contribution in [2.75, 3.05) is 6.54 Å². The summed E-state index contributed by atoms with van der Waals surface area (Å²) in [5.74, 6) is -0.304. The standard InChI is InChI=1S/C15H14BrF2NO/c16-12-3-11(5-13(17)7-12)9-20-15-6-10(1-2-19)4-14(18)8-15/h3-8H,1-2,9,19H2. The van der Waals surface area contributed by atoms with E-state index in [2.05, 4.69) is 15.9 Å². The maximum absolute atomic E-state index is 13.4. The summed E-state index contributed by atoms with van der Waals surface area (Å²) >= 11 is 3.21. The Bertz CT molecular complexity index is 584. The molecular weight excluding hydrogens is 328 g/mol. The summed E-state index contributed by atoms with van der Waals surface area (Å²) in [5, 5.41) is 0. The molecule has 0 heterocycles. The summed E-state index contributed by atoms with van der Waals surface area (Å²) in [6.07, 6.45) is 0.583. The molecule has 2 nitrogen and oxygen atoms in total. The molecule has 0 atom stereocenters. The molecule has 2 N–H and O–H groups in total. The zero-order chi connectivity index (χ0) is 14.5. The van der Waals surface area contributed by atoms with Crippen molar-refractivity contribution in [2.24, 2.45) is 5.73 Å². The predicted octanol–water partition coefficient (Wildman–Crippen LogP) is 3.81. The second-order valence-corrected chi connectivity index (χ2v) is 5.32. The first kappa shape index (κ1) is 14.9. The van der Waals surface area contributed by atoms with Crippen molar-refractivity contribution < 1.29 is 13.5 Å². The Balaban J connectivity index is 2.10. The Morgan fingerprint density at radius 3 is 2.35 bits per heavy atom. The molecule has 0 aliphatic heterocycles. The molecule has 0 aromatic heterocycles. The third-order valence-corrected chi connectivity index (χ3v) is 3.15. The smallest absolute Gasteiger partial charge is 0.127 e. The lowest BCUT2D eigenvalue weighted by atomic mass is 10.1. The molecule has 0 radical (unpaired) electrons. The third kappa shape index (κ3) is 4.28. The fraction of sp³-hybridized carbons (Fsp3) is 0.200. The van der Waals surface area contributed by atoms with E-state index >= 15 is 0 Å². The van der Waals surface area contributed by atoms with Gasteiger partial charge < -0.3 is 10.5 Å². The normalized spacial score (nSPS) is 10.6. The zero-order valence-corrected chi connectivity index (χ0v) is 12.3. The number of rotatable bonds is 5. The molecule has 0 aliphatic rings. The van der Waals surface area contributed by atoms with Crippen LogP contribution in [0.1, 0.15) is 11.1 Å². The Morgan fingerprint density at radius 1 is 0.950 bits per heavy atom. The maximum Gasteiger partial charge on any atom is 0.127 e. The van der Waals surface area contributed by atoms with Gasteiger partial charge in [0.05, 0.1) is 0 Å². The molecule has 2 rings (SSSR count). The lowest BCUT2D eigenvalue weighted by Crippen LogP contribution is -2.04. The van der Waals surface area contributed by atoms with Gasteiger partial charge in [-0.25, -0.2) is 8.78 Å². The van der Waals surface area contributed by atoms with Gasteiger partial charge in [-0.2, -0.15) is 0 Å². The van der Waals surface area contributed by atoms with Gasteiger partial charge in [-0.05, 0) is 54.4 Å². The third-order valence-electron chi connectivity index (χ3n) is 2.69. The van der Waals surface area contributed by atoms with Gasteiger partial charge in [0.25, 0.3) is 0 Å². The van der Waals surface area contributed by atoms with E-state index in [4.69, 9.17) is 10.5 Å². The Hall–Kier alpha value is -1.46. The van der Waals surface area contributed by atoms with Gasteiger partial charge in [0, 0.05) is 10.5 Å². The number of benzene rings is 2. The van der Waals surface area contributed by atoms with Crippen LogP contribution in [0.25, 0.3) is 0 Å². The summed E-state index contributed by atoms with van der Waals surface area (Å²) in [4.78, 5) is 0. The SMILES string of the molecule is NCCc1cc(F)cc(OCc2cc(F)cc(Br)c2)c1. The molecule has 0 unspecified atom stereocenters. The van der Waals surface area contributed by atoms with Crippen LogP contribution in [-0.4, -0.2) is 6.54 Å². The number of nitrogens with two attached hydrogens (primary N) is 1. The van der Waals surface area contributed by atoms with Crippen molar-refractivity contribution >= 4 is 15.9 Å². The highest BCUT2D eigenvalue weighted by atomic mass is 79.9. The summed E-state index contributed by atoms with van der Waals surface area (Å²) in [6.45, 7) is 0.613. The van der Waals surface area contributed by atoms with Gasteiger partial charge in [-0.15, -0.1) is 0 Å². The number of hydrogen-bond donors (Lipinski definition) is 1. The van der Waals surface area contributed by atoms with Crippen LogP contribution in [0.5, 0.6) is 5.75 Å². The van der Waals surface area contributed by atoms with Gasteiger partial charge in [-0.3, -0.25) is 0 Å². The molecule has 2 aromatic carbocycles. The van der Waals surface area contributed by atoms with Gasteiger partial charge in [0.15, 0.2) is 0 Å². The molecule has 0 aliphatic carbocycles. The van der Waals surface area contributed by atoms with Gasteiger partial charge in [-0.1, -0.05) is 15.9 Å². The second-order valence-electron chi connectivity index (χ2n) is 4.40. The molecule has 0 saturated heterocycles. The number of ether oxygens (including phenoxy) is 1. The van der Waals surface area contributed by atoms with Crippen LogP contribution >= 0.6 is 15.9 Å². The first-order chi connectivity index (χ1) is 9.56. The van der Waals surface area contributed by atoms with Crippen LogP contribution < -0.4 is 10.5 Å². The monoisotopic (exact) mass is 341 g/mol. The van der Waals surface area contributed by atoms with Crippen molar-refractivity contribution in [1.29, 1.82) is 0 Å². The van der Waals surface area contributed by atoms with E-state index in [-0.39, 0.29) is 18.2 Å². The minimum Gasteiger partial charge on any atom is -0.489 e. The van der Waals surface area contributed by atoms with E-state index in [0.29, 0.717) is 28.8 Å². The molecule has 0 amide bonds. The summed E-state index contributed by atoms with van der Waals surface area (Å²) in [6, 6.07) is 8.97. The average Bonchev–Trinajstić information content (AvgIpc) is 2.35. The van der Waals surface area contributed by atoms with Crippen molar-refractivity contribution in [3.05, 3.63) is 63.6 Å². The van der Waals surface area contributed by atoms with E-state index in [1.807, 2.05) is 0 Å². The van der Waals surface area contributed by atoms with E-state index < -0.39 is 0 Å². The molecular formula is C15H14BrF2NO. The summed E-state index contributed by atoms with van der Waals surface area (Å²) in [7, 11) is 0. The molecule has 0 saturated carbocycles. The minimum absolute atomic E-state index is 0.169.